The van der Waals surface area contributed by atoms with Gasteiger partial charge in [-0.2, -0.15) is 5.10 Å². The molecule has 0 radical (unpaired) electrons. The van der Waals surface area contributed by atoms with E-state index in [0.717, 1.165) is 22.1 Å². The van der Waals surface area contributed by atoms with E-state index >= 15 is 0 Å². The molecule has 1 saturated heterocycles. The highest BCUT2D eigenvalue weighted by atomic mass is 16.7. The zero-order valence-corrected chi connectivity index (χ0v) is 12.5. The van der Waals surface area contributed by atoms with Crippen LogP contribution in [0.25, 0.3) is 10.9 Å². The summed E-state index contributed by atoms with van der Waals surface area (Å²) in [6.45, 7) is 8.16. The Hall–Kier alpha value is -1.53. The number of ether oxygens (including phenoxy) is 1. The van der Waals surface area contributed by atoms with Crippen molar-refractivity contribution in [3.63, 3.8) is 0 Å². The lowest BCUT2D eigenvalue weighted by atomic mass is 9.78. The van der Waals surface area contributed by atoms with Crippen LogP contribution in [0.5, 0.6) is 5.75 Å². The van der Waals surface area contributed by atoms with Crippen LogP contribution in [-0.4, -0.2) is 35.6 Å². The van der Waals surface area contributed by atoms with Gasteiger partial charge in [-0.3, -0.25) is 5.10 Å². The first-order valence-corrected chi connectivity index (χ1v) is 6.71. The minimum Gasteiger partial charge on any atom is -0.496 e. The Morgan fingerprint density at radius 1 is 1.15 bits per heavy atom. The first-order valence-electron chi connectivity index (χ1n) is 6.71. The number of hydrogen-bond donors (Lipinski definition) is 1. The molecule has 6 heteroatoms. The van der Waals surface area contributed by atoms with Gasteiger partial charge < -0.3 is 14.0 Å². The normalized spacial score (nSPS) is 20.6. The van der Waals surface area contributed by atoms with Gasteiger partial charge in [0.25, 0.3) is 0 Å². The van der Waals surface area contributed by atoms with Crippen molar-refractivity contribution < 1.29 is 14.0 Å². The number of nitrogens with zero attached hydrogens (tertiary/aromatic N) is 1. The number of nitrogens with one attached hydrogen (secondary N) is 1. The van der Waals surface area contributed by atoms with E-state index in [0.29, 0.717) is 0 Å². The van der Waals surface area contributed by atoms with Crippen molar-refractivity contribution in [2.75, 3.05) is 7.11 Å². The van der Waals surface area contributed by atoms with Crippen LogP contribution >= 0.6 is 0 Å². The van der Waals surface area contributed by atoms with Gasteiger partial charge in [-0.15, -0.1) is 0 Å². The van der Waals surface area contributed by atoms with E-state index in [1.165, 1.54) is 0 Å². The van der Waals surface area contributed by atoms with Gasteiger partial charge in [-0.25, -0.2) is 0 Å². The Bertz CT molecular complexity index is 635. The van der Waals surface area contributed by atoms with Crippen molar-refractivity contribution in [3.8, 4) is 5.75 Å². The predicted molar refractivity (Wildman–Crippen MR) is 78.4 cm³/mol. The molecule has 0 saturated carbocycles. The topological polar surface area (TPSA) is 56.4 Å². The molecule has 1 aliphatic rings. The van der Waals surface area contributed by atoms with Crippen LogP contribution in [0.2, 0.25) is 0 Å². The molecule has 1 fully saturated rings. The number of methoxy groups -OCH3 is 1. The van der Waals surface area contributed by atoms with Gasteiger partial charge in [0.1, 0.15) is 5.75 Å². The molecule has 5 nitrogen and oxygen atoms in total. The second-order valence-electron chi connectivity index (χ2n) is 6.14. The molecule has 0 bridgehead atoms. The first kappa shape index (κ1) is 13.5. The van der Waals surface area contributed by atoms with Crippen molar-refractivity contribution in [2.45, 2.75) is 38.9 Å². The number of H-pyrrole nitrogens is 1. The molecule has 0 atom stereocenters. The van der Waals surface area contributed by atoms with E-state index in [-0.39, 0.29) is 11.2 Å². The van der Waals surface area contributed by atoms with E-state index in [1.54, 1.807) is 13.3 Å². The highest BCUT2D eigenvalue weighted by Crippen LogP contribution is 2.37. The molecule has 0 amide bonds. The third-order valence-corrected chi connectivity index (χ3v) is 4.29. The standard InChI is InChI=1S/C14H19BN2O3/c1-13(2)14(3,4)20-15(19-13)9-6-11-10(8-16-17-11)12(7-9)18-5/h6-8H,1-5H3,(H,16,17). The van der Waals surface area contributed by atoms with Crippen molar-refractivity contribution in [1.29, 1.82) is 0 Å². The summed E-state index contributed by atoms with van der Waals surface area (Å²) in [7, 11) is 1.25. The van der Waals surface area contributed by atoms with Crippen molar-refractivity contribution in [3.05, 3.63) is 18.3 Å². The summed E-state index contributed by atoms with van der Waals surface area (Å²) in [6.07, 6.45) is 1.75. The zero-order valence-electron chi connectivity index (χ0n) is 12.5. The number of aromatic nitrogens is 2. The minimum atomic E-state index is -0.401. The Morgan fingerprint density at radius 2 is 1.80 bits per heavy atom. The van der Waals surface area contributed by atoms with Gasteiger partial charge in [-0.1, -0.05) is 0 Å². The Balaban J connectivity index is 2.03. The molecule has 1 aromatic carbocycles. The van der Waals surface area contributed by atoms with Gasteiger partial charge in [-0.05, 0) is 45.3 Å². The molecule has 106 valence electrons. The number of rotatable bonds is 2. The van der Waals surface area contributed by atoms with Crippen LogP contribution in [-0.2, 0) is 9.31 Å². The number of hydrogen-bond acceptors (Lipinski definition) is 4. The minimum absolute atomic E-state index is 0.353. The predicted octanol–water partition coefficient (Wildman–Crippen LogP) is 1.87. The molecule has 0 unspecified atom stereocenters. The molecule has 3 rings (SSSR count). The fraction of sp³-hybridized carbons (Fsp3) is 0.500. The molecule has 1 N–H and O–H groups in total. The average molecular weight is 274 g/mol. The first-order chi connectivity index (χ1) is 9.34. The maximum Gasteiger partial charge on any atom is 0.495 e. The lowest BCUT2D eigenvalue weighted by Gasteiger charge is -2.32. The Kier molecular flexibility index (Phi) is 2.85. The highest BCUT2D eigenvalue weighted by molar-refractivity contribution is 6.62. The molecular formula is C14H19BN2O3. The third kappa shape index (κ3) is 1.91. The number of aromatic amines is 1. The van der Waals surface area contributed by atoms with Crippen LogP contribution in [0.1, 0.15) is 27.7 Å². The Morgan fingerprint density at radius 3 is 2.40 bits per heavy atom. The van der Waals surface area contributed by atoms with Gasteiger partial charge in [0.15, 0.2) is 0 Å². The molecule has 2 heterocycles. The molecular weight excluding hydrogens is 255 g/mol. The fourth-order valence-electron chi connectivity index (χ4n) is 2.32. The number of benzene rings is 1. The van der Waals surface area contributed by atoms with E-state index in [4.69, 9.17) is 14.0 Å². The van der Waals surface area contributed by atoms with Gasteiger partial charge in [0, 0.05) is 0 Å². The SMILES string of the molecule is COc1cc(B2OC(C)(C)C(C)(C)O2)cc2[nH]ncc12. The summed E-state index contributed by atoms with van der Waals surface area (Å²) < 4.78 is 17.5. The second kappa shape index (κ2) is 4.23. The molecule has 0 spiro atoms. The van der Waals surface area contributed by atoms with Gasteiger partial charge >= 0.3 is 7.12 Å². The van der Waals surface area contributed by atoms with Crippen LogP contribution in [0.3, 0.4) is 0 Å². The van der Waals surface area contributed by atoms with Crippen molar-refractivity contribution in [2.24, 2.45) is 0 Å². The second-order valence-corrected chi connectivity index (χ2v) is 6.14. The lowest BCUT2D eigenvalue weighted by Crippen LogP contribution is -2.41. The largest absolute Gasteiger partial charge is 0.496 e. The summed E-state index contributed by atoms with van der Waals surface area (Å²) >= 11 is 0. The van der Waals surface area contributed by atoms with Crippen molar-refractivity contribution >= 4 is 23.5 Å². The fourth-order valence-corrected chi connectivity index (χ4v) is 2.32. The molecule has 20 heavy (non-hydrogen) atoms. The number of fused-ring (bicyclic) bond motifs is 1. The smallest absolute Gasteiger partial charge is 0.495 e. The van der Waals surface area contributed by atoms with E-state index < -0.39 is 7.12 Å². The molecule has 1 aliphatic heterocycles. The van der Waals surface area contributed by atoms with Gasteiger partial charge in [0.2, 0.25) is 0 Å². The van der Waals surface area contributed by atoms with Crippen LogP contribution in [0, 0.1) is 0 Å². The summed E-state index contributed by atoms with van der Waals surface area (Å²) in [5, 5.41) is 7.96. The highest BCUT2D eigenvalue weighted by Gasteiger charge is 2.51. The summed E-state index contributed by atoms with van der Waals surface area (Å²) in [5.74, 6) is 0.765. The lowest BCUT2D eigenvalue weighted by molar-refractivity contribution is 0.00578. The molecule has 2 aromatic rings. The summed E-state index contributed by atoms with van der Waals surface area (Å²) in [4.78, 5) is 0. The van der Waals surface area contributed by atoms with Crippen molar-refractivity contribution in [1.82, 2.24) is 10.2 Å². The van der Waals surface area contributed by atoms with E-state index in [2.05, 4.69) is 10.2 Å². The Labute approximate surface area is 118 Å². The van der Waals surface area contributed by atoms with Crippen LogP contribution < -0.4 is 10.2 Å². The monoisotopic (exact) mass is 274 g/mol. The summed E-state index contributed by atoms with van der Waals surface area (Å²) in [6, 6.07) is 3.94. The molecule has 0 aliphatic carbocycles. The van der Waals surface area contributed by atoms with Crippen LogP contribution in [0.4, 0.5) is 0 Å². The van der Waals surface area contributed by atoms with E-state index in [1.807, 2.05) is 39.8 Å². The quantitative estimate of drug-likeness (QED) is 0.849. The third-order valence-electron chi connectivity index (χ3n) is 4.29. The average Bonchev–Trinajstić information content (AvgIpc) is 2.91. The van der Waals surface area contributed by atoms with E-state index in [9.17, 15) is 0 Å². The zero-order chi connectivity index (χ0) is 14.5. The maximum absolute atomic E-state index is 6.06. The maximum atomic E-state index is 6.06. The van der Waals surface area contributed by atoms with Gasteiger partial charge in [0.05, 0.1) is 35.4 Å². The van der Waals surface area contributed by atoms with Crippen LogP contribution in [0.15, 0.2) is 18.3 Å². The summed E-state index contributed by atoms with van der Waals surface area (Å²) in [5.41, 5.74) is 1.13. The molecule has 1 aromatic heterocycles.